The van der Waals surface area contributed by atoms with Gasteiger partial charge in [0, 0.05) is 12.8 Å². The SMILES string of the molecule is CC/C=C\C/C=C\C/C=C\C/C=C\C/C=C\CC(=O)OCC(COC(=O)CCCCCCCCCCCCCCCCCCCCCCCCCCCCCC)OC(=O)CCCCCCCCCCC/C=C\CCCCCCCC. The first-order valence-corrected chi connectivity index (χ1v) is 34.9. The third-order valence-electron chi connectivity index (χ3n) is 15.5. The van der Waals surface area contributed by atoms with Gasteiger partial charge in [-0.2, -0.15) is 0 Å². The third-order valence-corrected chi connectivity index (χ3v) is 15.5. The van der Waals surface area contributed by atoms with Crippen molar-refractivity contribution < 1.29 is 28.6 Å². The molecule has 0 aromatic heterocycles. The fourth-order valence-corrected chi connectivity index (χ4v) is 10.3. The Morgan fingerprint density at radius 1 is 0.275 bits per heavy atom. The van der Waals surface area contributed by atoms with E-state index in [0.717, 1.165) is 70.6 Å². The number of unbranched alkanes of at least 4 members (excludes halogenated alkanes) is 42. The highest BCUT2D eigenvalue weighted by atomic mass is 16.6. The lowest BCUT2D eigenvalue weighted by Crippen LogP contribution is -2.30. The normalized spacial score (nSPS) is 12.5. The lowest BCUT2D eigenvalue weighted by atomic mass is 10.0. The van der Waals surface area contributed by atoms with Crippen molar-refractivity contribution in [3.8, 4) is 0 Å². The van der Waals surface area contributed by atoms with Crippen LogP contribution in [0.15, 0.2) is 72.9 Å². The molecule has 0 aliphatic heterocycles. The molecule has 0 rings (SSSR count). The second-order valence-corrected chi connectivity index (χ2v) is 23.4. The van der Waals surface area contributed by atoms with Crippen LogP contribution in [0.25, 0.3) is 0 Å². The molecular formula is C74H132O6. The Balaban J connectivity index is 4.29. The van der Waals surface area contributed by atoms with Crippen LogP contribution in [-0.2, 0) is 28.6 Å². The van der Waals surface area contributed by atoms with Gasteiger partial charge in [0.05, 0.1) is 6.42 Å². The first-order valence-electron chi connectivity index (χ1n) is 34.9. The molecule has 0 aromatic carbocycles. The van der Waals surface area contributed by atoms with Crippen LogP contribution < -0.4 is 0 Å². The standard InChI is InChI=1S/C74H132O6/c1-4-7-10-13-16-19-22-25-28-30-32-33-34-35-36-37-38-39-40-42-43-46-49-52-55-58-61-64-67-73(76)79-70-71(69-78-72(75)66-63-60-57-54-51-48-45-27-24-21-18-15-12-9-6-3)80-74(77)68-65-62-59-56-53-50-47-44-41-31-29-26-23-20-17-14-11-8-5-2/h9,12,18,21,26-27,29,45,51,54,60,63,71H,4-8,10-11,13-17,19-20,22-25,28,30-44,46-50,52-53,55-59,61-62,64-70H2,1-3H3/b12-9-,21-18-,29-26-,45-27-,54-51-,63-60-. The highest BCUT2D eigenvalue weighted by molar-refractivity contribution is 5.72. The number of carbonyl (C=O) groups is 3. The minimum absolute atomic E-state index is 0.103. The summed E-state index contributed by atoms with van der Waals surface area (Å²) >= 11 is 0. The highest BCUT2D eigenvalue weighted by Gasteiger charge is 2.19. The number of ether oxygens (including phenoxy) is 3. The zero-order valence-corrected chi connectivity index (χ0v) is 53.3. The number of carbonyl (C=O) groups excluding carboxylic acids is 3. The van der Waals surface area contributed by atoms with Crippen molar-refractivity contribution in [3.63, 3.8) is 0 Å². The van der Waals surface area contributed by atoms with Gasteiger partial charge in [0.25, 0.3) is 0 Å². The number of allylic oxidation sites excluding steroid dienone is 11. The second kappa shape index (κ2) is 68.3. The molecular weight excluding hydrogens is 985 g/mol. The summed E-state index contributed by atoms with van der Waals surface area (Å²) in [5, 5.41) is 0. The molecule has 0 saturated heterocycles. The van der Waals surface area contributed by atoms with Gasteiger partial charge in [0.15, 0.2) is 6.10 Å². The highest BCUT2D eigenvalue weighted by Crippen LogP contribution is 2.18. The molecule has 0 amide bonds. The molecule has 6 heteroatoms. The quantitative estimate of drug-likeness (QED) is 0.0261. The van der Waals surface area contributed by atoms with Crippen LogP contribution >= 0.6 is 0 Å². The number of hydrogen-bond acceptors (Lipinski definition) is 6. The fraction of sp³-hybridized carbons (Fsp3) is 0.797. The van der Waals surface area contributed by atoms with Gasteiger partial charge in [-0.15, -0.1) is 0 Å². The lowest BCUT2D eigenvalue weighted by molar-refractivity contribution is -0.166. The Hall–Kier alpha value is -3.15. The van der Waals surface area contributed by atoms with E-state index in [4.69, 9.17) is 14.2 Å². The van der Waals surface area contributed by atoms with Crippen molar-refractivity contribution >= 4 is 17.9 Å². The molecule has 0 radical (unpaired) electrons. The van der Waals surface area contributed by atoms with Crippen molar-refractivity contribution in [1.82, 2.24) is 0 Å². The van der Waals surface area contributed by atoms with E-state index in [9.17, 15) is 14.4 Å². The molecule has 0 N–H and O–H groups in total. The molecule has 6 nitrogen and oxygen atoms in total. The summed E-state index contributed by atoms with van der Waals surface area (Å²) in [7, 11) is 0. The Bertz CT molecular complexity index is 1470. The van der Waals surface area contributed by atoms with Gasteiger partial charge in [0.2, 0.25) is 0 Å². The third kappa shape index (κ3) is 65.7. The lowest BCUT2D eigenvalue weighted by Gasteiger charge is -2.18. The summed E-state index contributed by atoms with van der Waals surface area (Å²) < 4.78 is 16.9. The Kier molecular flexibility index (Phi) is 65.7. The van der Waals surface area contributed by atoms with E-state index in [2.05, 4.69) is 81.5 Å². The molecule has 0 saturated carbocycles. The second-order valence-electron chi connectivity index (χ2n) is 23.4. The molecule has 0 spiro atoms. The molecule has 0 aliphatic carbocycles. The molecule has 0 fully saturated rings. The van der Waals surface area contributed by atoms with Crippen molar-refractivity contribution in [2.75, 3.05) is 13.2 Å². The van der Waals surface area contributed by atoms with Crippen LogP contribution in [0.1, 0.15) is 361 Å². The van der Waals surface area contributed by atoms with Crippen LogP contribution in [0.5, 0.6) is 0 Å². The van der Waals surface area contributed by atoms with Gasteiger partial charge in [-0.3, -0.25) is 14.4 Å². The van der Waals surface area contributed by atoms with E-state index >= 15 is 0 Å². The zero-order valence-electron chi connectivity index (χ0n) is 53.3. The van der Waals surface area contributed by atoms with E-state index < -0.39 is 12.1 Å². The molecule has 0 bridgehead atoms. The van der Waals surface area contributed by atoms with Gasteiger partial charge in [-0.1, -0.05) is 344 Å². The topological polar surface area (TPSA) is 78.9 Å². The van der Waals surface area contributed by atoms with Crippen LogP contribution in [-0.4, -0.2) is 37.2 Å². The predicted molar refractivity (Wildman–Crippen MR) is 348 cm³/mol. The summed E-state index contributed by atoms with van der Waals surface area (Å²) in [6.45, 7) is 6.49. The number of rotatable bonds is 64. The summed E-state index contributed by atoms with van der Waals surface area (Å²) in [6.07, 6.45) is 89.7. The Labute approximate surface area is 497 Å². The van der Waals surface area contributed by atoms with Crippen molar-refractivity contribution in [2.45, 2.75) is 367 Å². The summed E-state index contributed by atoms with van der Waals surface area (Å²) in [5.41, 5.74) is 0. The average Bonchev–Trinajstić information content (AvgIpc) is 3.46. The van der Waals surface area contributed by atoms with Crippen molar-refractivity contribution in [2.24, 2.45) is 0 Å². The summed E-state index contributed by atoms with van der Waals surface area (Å²) in [6, 6.07) is 0. The molecule has 1 atom stereocenters. The van der Waals surface area contributed by atoms with Crippen molar-refractivity contribution in [3.05, 3.63) is 72.9 Å². The van der Waals surface area contributed by atoms with Gasteiger partial charge in [-0.05, 0) is 70.6 Å². The first-order chi connectivity index (χ1) is 39.5. The Morgan fingerprint density at radius 3 is 0.863 bits per heavy atom. The maximum atomic E-state index is 12.9. The molecule has 464 valence electrons. The van der Waals surface area contributed by atoms with E-state index in [1.54, 1.807) is 0 Å². The van der Waals surface area contributed by atoms with Crippen LogP contribution in [0.4, 0.5) is 0 Å². The number of esters is 3. The largest absolute Gasteiger partial charge is 0.462 e. The van der Waals surface area contributed by atoms with Crippen molar-refractivity contribution in [1.29, 1.82) is 0 Å². The zero-order chi connectivity index (χ0) is 57.8. The first kappa shape index (κ1) is 76.9. The minimum atomic E-state index is -0.816. The Morgan fingerprint density at radius 2 is 0.537 bits per heavy atom. The van der Waals surface area contributed by atoms with Crippen LogP contribution in [0, 0.1) is 0 Å². The smallest absolute Gasteiger partial charge is 0.309 e. The maximum Gasteiger partial charge on any atom is 0.309 e. The molecule has 0 aromatic rings. The van der Waals surface area contributed by atoms with Gasteiger partial charge < -0.3 is 14.2 Å². The van der Waals surface area contributed by atoms with Crippen LogP contribution in [0.2, 0.25) is 0 Å². The van der Waals surface area contributed by atoms with Gasteiger partial charge in [0.1, 0.15) is 13.2 Å². The van der Waals surface area contributed by atoms with Crippen LogP contribution in [0.3, 0.4) is 0 Å². The average molecular weight is 1120 g/mol. The summed E-state index contributed by atoms with van der Waals surface area (Å²) in [4.78, 5) is 38.3. The van der Waals surface area contributed by atoms with E-state index in [0.29, 0.717) is 12.8 Å². The van der Waals surface area contributed by atoms with Gasteiger partial charge >= 0.3 is 17.9 Å². The van der Waals surface area contributed by atoms with E-state index in [1.807, 2.05) is 12.2 Å². The molecule has 1 unspecified atom stereocenters. The van der Waals surface area contributed by atoms with E-state index in [1.165, 1.54) is 250 Å². The van der Waals surface area contributed by atoms with E-state index in [-0.39, 0.29) is 31.6 Å². The molecule has 0 aliphatic rings. The fourth-order valence-electron chi connectivity index (χ4n) is 10.3. The monoisotopic (exact) mass is 1120 g/mol. The number of hydrogen-bond donors (Lipinski definition) is 0. The predicted octanol–water partition coefficient (Wildman–Crippen LogP) is 24.1. The van der Waals surface area contributed by atoms with Gasteiger partial charge in [-0.25, -0.2) is 0 Å². The molecule has 0 heterocycles. The molecule has 80 heavy (non-hydrogen) atoms. The minimum Gasteiger partial charge on any atom is -0.462 e. The maximum absolute atomic E-state index is 12.9. The summed E-state index contributed by atoms with van der Waals surface area (Å²) in [5.74, 6) is -1.02.